The Morgan fingerprint density at radius 2 is 1.18 bits per heavy atom. The second kappa shape index (κ2) is 5.86. The summed E-state index contributed by atoms with van der Waals surface area (Å²) in [4.78, 5) is 11.7. The standard InChI is InChI=1S/C20H17NO/c1-14-18(15-8-4-2-5-9-15)12-17(20(21)22)13-19(14)16-10-6-3-7-11-16/h2-13H,1H3,(H2,21,22). The Labute approximate surface area is 130 Å². The Kier molecular flexibility index (Phi) is 3.75. The monoisotopic (exact) mass is 287 g/mol. The summed E-state index contributed by atoms with van der Waals surface area (Å²) in [6, 6.07) is 23.9. The minimum Gasteiger partial charge on any atom is -0.366 e. The normalized spacial score (nSPS) is 10.4. The van der Waals surface area contributed by atoms with Crippen molar-refractivity contribution in [2.45, 2.75) is 6.92 Å². The molecule has 22 heavy (non-hydrogen) atoms. The van der Waals surface area contributed by atoms with Gasteiger partial charge in [0.1, 0.15) is 0 Å². The zero-order valence-electron chi connectivity index (χ0n) is 12.4. The second-order valence-electron chi connectivity index (χ2n) is 5.29. The quantitative estimate of drug-likeness (QED) is 0.761. The van der Waals surface area contributed by atoms with Gasteiger partial charge in [-0.1, -0.05) is 60.7 Å². The molecule has 0 aliphatic heterocycles. The van der Waals surface area contributed by atoms with Crippen LogP contribution in [0, 0.1) is 6.92 Å². The first-order valence-electron chi connectivity index (χ1n) is 7.22. The van der Waals surface area contributed by atoms with E-state index in [2.05, 4.69) is 6.92 Å². The molecule has 2 N–H and O–H groups in total. The average molecular weight is 287 g/mol. The minimum atomic E-state index is -0.408. The van der Waals surface area contributed by atoms with Gasteiger partial charge in [0, 0.05) is 5.56 Å². The van der Waals surface area contributed by atoms with Gasteiger partial charge in [0.2, 0.25) is 5.91 Å². The van der Waals surface area contributed by atoms with Crippen LogP contribution < -0.4 is 5.73 Å². The molecule has 3 rings (SSSR count). The van der Waals surface area contributed by atoms with Gasteiger partial charge in [0.05, 0.1) is 0 Å². The van der Waals surface area contributed by atoms with Gasteiger partial charge >= 0.3 is 0 Å². The molecule has 0 aliphatic carbocycles. The number of carbonyl (C=O) groups excluding carboxylic acids is 1. The lowest BCUT2D eigenvalue weighted by atomic mass is 9.90. The van der Waals surface area contributed by atoms with E-state index in [1.165, 1.54) is 0 Å². The molecule has 0 saturated heterocycles. The van der Waals surface area contributed by atoms with Crippen molar-refractivity contribution in [1.82, 2.24) is 0 Å². The third kappa shape index (κ3) is 2.63. The highest BCUT2D eigenvalue weighted by Gasteiger charge is 2.13. The lowest BCUT2D eigenvalue weighted by Gasteiger charge is -2.14. The highest BCUT2D eigenvalue weighted by atomic mass is 16.1. The van der Waals surface area contributed by atoms with E-state index >= 15 is 0 Å². The molecule has 0 heterocycles. The van der Waals surface area contributed by atoms with Gasteiger partial charge in [-0.15, -0.1) is 0 Å². The molecule has 2 nitrogen and oxygen atoms in total. The molecule has 1 amide bonds. The maximum Gasteiger partial charge on any atom is 0.248 e. The molecule has 3 aromatic carbocycles. The number of rotatable bonds is 3. The fraction of sp³-hybridized carbons (Fsp3) is 0.0500. The zero-order chi connectivity index (χ0) is 15.5. The summed E-state index contributed by atoms with van der Waals surface area (Å²) in [5.74, 6) is -0.408. The number of benzene rings is 3. The lowest BCUT2D eigenvalue weighted by Crippen LogP contribution is -2.11. The number of hydrogen-bond donors (Lipinski definition) is 1. The molecule has 0 fully saturated rings. The Balaban J connectivity index is 2.27. The molecule has 0 bridgehead atoms. The van der Waals surface area contributed by atoms with Gasteiger partial charge in [-0.25, -0.2) is 0 Å². The number of carbonyl (C=O) groups is 1. The molecular weight excluding hydrogens is 270 g/mol. The van der Waals surface area contributed by atoms with E-state index in [0.29, 0.717) is 5.56 Å². The number of nitrogens with two attached hydrogens (primary N) is 1. The summed E-state index contributed by atoms with van der Waals surface area (Å²) >= 11 is 0. The largest absolute Gasteiger partial charge is 0.366 e. The summed E-state index contributed by atoms with van der Waals surface area (Å²) in [6.45, 7) is 2.08. The maximum atomic E-state index is 11.7. The molecule has 0 saturated carbocycles. The summed E-state index contributed by atoms with van der Waals surface area (Å²) in [5, 5.41) is 0. The van der Waals surface area contributed by atoms with Gasteiger partial charge in [-0.3, -0.25) is 4.79 Å². The fourth-order valence-corrected chi connectivity index (χ4v) is 2.69. The van der Waals surface area contributed by atoms with Gasteiger partial charge in [-0.2, -0.15) is 0 Å². The Hall–Kier alpha value is -2.87. The Morgan fingerprint density at radius 3 is 1.55 bits per heavy atom. The van der Waals surface area contributed by atoms with E-state index < -0.39 is 5.91 Å². The summed E-state index contributed by atoms with van der Waals surface area (Å²) in [6.07, 6.45) is 0. The molecular formula is C20H17NO. The molecule has 0 atom stereocenters. The van der Waals surface area contributed by atoms with Crippen molar-refractivity contribution in [2.75, 3.05) is 0 Å². The van der Waals surface area contributed by atoms with Gasteiger partial charge in [0.25, 0.3) is 0 Å². The van der Waals surface area contributed by atoms with Crippen LogP contribution in [0.25, 0.3) is 22.3 Å². The van der Waals surface area contributed by atoms with E-state index in [4.69, 9.17) is 5.73 Å². The van der Waals surface area contributed by atoms with E-state index in [0.717, 1.165) is 27.8 Å². The Bertz CT molecular complexity index is 747. The van der Waals surface area contributed by atoms with Crippen molar-refractivity contribution in [2.24, 2.45) is 5.73 Å². The van der Waals surface area contributed by atoms with Crippen LogP contribution in [0.3, 0.4) is 0 Å². The van der Waals surface area contributed by atoms with Crippen LogP contribution >= 0.6 is 0 Å². The summed E-state index contributed by atoms with van der Waals surface area (Å²) in [7, 11) is 0. The van der Waals surface area contributed by atoms with Crippen LogP contribution in [0.5, 0.6) is 0 Å². The van der Waals surface area contributed by atoms with Crippen LogP contribution in [-0.4, -0.2) is 5.91 Å². The smallest absolute Gasteiger partial charge is 0.248 e. The highest BCUT2D eigenvalue weighted by molar-refractivity contribution is 5.97. The summed E-state index contributed by atoms with van der Waals surface area (Å²) < 4.78 is 0. The second-order valence-corrected chi connectivity index (χ2v) is 5.29. The zero-order valence-corrected chi connectivity index (χ0v) is 12.4. The van der Waals surface area contributed by atoms with Crippen LogP contribution in [-0.2, 0) is 0 Å². The van der Waals surface area contributed by atoms with Crippen LogP contribution in [0.2, 0.25) is 0 Å². The molecule has 0 unspecified atom stereocenters. The first kappa shape index (κ1) is 14.1. The van der Waals surface area contributed by atoms with Crippen LogP contribution in [0.4, 0.5) is 0 Å². The molecule has 0 aromatic heterocycles. The van der Waals surface area contributed by atoms with Crippen molar-refractivity contribution in [1.29, 1.82) is 0 Å². The van der Waals surface area contributed by atoms with Crippen LogP contribution in [0.1, 0.15) is 15.9 Å². The van der Waals surface area contributed by atoms with Gasteiger partial charge in [0.15, 0.2) is 0 Å². The molecule has 2 heteroatoms. The topological polar surface area (TPSA) is 43.1 Å². The molecule has 0 spiro atoms. The minimum absolute atomic E-state index is 0.408. The van der Waals surface area contributed by atoms with Crippen LogP contribution in [0.15, 0.2) is 72.8 Å². The summed E-state index contributed by atoms with van der Waals surface area (Å²) in [5.41, 5.74) is 11.4. The highest BCUT2D eigenvalue weighted by Crippen LogP contribution is 2.33. The predicted molar refractivity (Wildman–Crippen MR) is 90.6 cm³/mol. The van der Waals surface area contributed by atoms with E-state index in [9.17, 15) is 4.79 Å². The van der Waals surface area contributed by atoms with E-state index in [-0.39, 0.29) is 0 Å². The van der Waals surface area contributed by atoms with Crippen molar-refractivity contribution in [3.63, 3.8) is 0 Å². The maximum absolute atomic E-state index is 11.7. The van der Waals surface area contributed by atoms with Crippen molar-refractivity contribution < 1.29 is 4.79 Å². The van der Waals surface area contributed by atoms with Gasteiger partial charge < -0.3 is 5.73 Å². The predicted octanol–water partition coefficient (Wildman–Crippen LogP) is 4.43. The first-order chi connectivity index (χ1) is 10.7. The lowest BCUT2D eigenvalue weighted by molar-refractivity contribution is 0.100. The fourth-order valence-electron chi connectivity index (χ4n) is 2.69. The average Bonchev–Trinajstić information content (AvgIpc) is 2.56. The number of primary amides is 1. The molecule has 108 valence electrons. The van der Waals surface area contributed by atoms with Crippen molar-refractivity contribution in [3.8, 4) is 22.3 Å². The van der Waals surface area contributed by atoms with E-state index in [1.54, 1.807) is 0 Å². The van der Waals surface area contributed by atoms with Gasteiger partial charge in [-0.05, 0) is 46.9 Å². The third-order valence-corrected chi connectivity index (χ3v) is 3.86. The van der Waals surface area contributed by atoms with Crippen molar-refractivity contribution in [3.05, 3.63) is 83.9 Å². The SMILES string of the molecule is Cc1c(-c2ccccc2)cc(C(N)=O)cc1-c1ccccc1. The Morgan fingerprint density at radius 1 is 0.773 bits per heavy atom. The van der Waals surface area contributed by atoms with E-state index in [1.807, 2.05) is 72.8 Å². The third-order valence-electron chi connectivity index (χ3n) is 3.86. The van der Waals surface area contributed by atoms with Crippen molar-refractivity contribution >= 4 is 5.91 Å². The molecule has 0 aliphatic rings. The number of amides is 1. The number of hydrogen-bond acceptors (Lipinski definition) is 1. The first-order valence-corrected chi connectivity index (χ1v) is 7.22. The molecule has 3 aromatic rings. The molecule has 0 radical (unpaired) electrons.